The van der Waals surface area contributed by atoms with E-state index in [0.29, 0.717) is 32.7 Å². The predicted octanol–water partition coefficient (Wildman–Crippen LogP) is 2.75. The van der Waals surface area contributed by atoms with Crippen LogP contribution in [0.1, 0.15) is 42.1 Å². The van der Waals surface area contributed by atoms with Crippen molar-refractivity contribution in [2.45, 2.75) is 43.7 Å². The highest BCUT2D eigenvalue weighted by Gasteiger charge is 2.29. The van der Waals surface area contributed by atoms with Crippen molar-refractivity contribution in [1.82, 2.24) is 14.1 Å². The summed E-state index contributed by atoms with van der Waals surface area (Å²) in [4.78, 5) is 29.1. The van der Waals surface area contributed by atoms with E-state index < -0.39 is 16.0 Å². The second kappa shape index (κ2) is 11.3. The van der Waals surface area contributed by atoms with Gasteiger partial charge in [-0.2, -0.15) is 4.31 Å². The molecular formula is C26H33N3O5S. The SMILES string of the molecule is CC1CCCCN1C(=O)COC(=O)c1cccc(S(=O)(=O)N2CCN(Cc3ccccc3)CC2)c1. The topological polar surface area (TPSA) is 87.2 Å². The maximum Gasteiger partial charge on any atom is 0.338 e. The fourth-order valence-electron chi connectivity index (χ4n) is 4.66. The van der Waals surface area contributed by atoms with Gasteiger partial charge in [-0.05, 0) is 49.9 Å². The molecule has 2 aromatic rings. The van der Waals surface area contributed by atoms with E-state index in [9.17, 15) is 18.0 Å². The van der Waals surface area contributed by atoms with E-state index in [1.54, 1.807) is 4.90 Å². The zero-order chi connectivity index (χ0) is 24.8. The van der Waals surface area contributed by atoms with Crippen molar-refractivity contribution in [3.05, 3.63) is 65.7 Å². The van der Waals surface area contributed by atoms with Gasteiger partial charge in [-0.15, -0.1) is 0 Å². The van der Waals surface area contributed by atoms with E-state index in [-0.39, 0.29) is 29.0 Å². The first-order valence-corrected chi connectivity index (χ1v) is 13.6. The molecule has 8 nitrogen and oxygen atoms in total. The summed E-state index contributed by atoms with van der Waals surface area (Å²) in [7, 11) is -3.75. The third-order valence-corrected chi connectivity index (χ3v) is 8.63. The maximum absolute atomic E-state index is 13.2. The number of sulfonamides is 1. The lowest BCUT2D eigenvalue weighted by molar-refractivity contribution is -0.137. The van der Waals surface area contributed by atoms with Crippen molar-refractivity contribution in [3.63, 3.8) is 0 Å². The van der Waals surface area contributed by atoms with Gasteiger partial charge < -0.3 is 9.64 Å². The van der Waals surface area contributed by atoms with Crippen LogP contribution in [0, 0.1) is 0 Å². The van der Waals surface area contributed by atoms with Crippen LogP contribution in [0.2, 0.25) is 0 Å². The Balaban J connectivity index is 1.34. The average molecular weight is 500 g/mol. The van der Waals surface area contributed by atoms with Crippen LogP contribution in [0.4, 0.5) is 0 Å². The minimum absolute atomic E-state index is 0.0550. The average Bonchev–Trinajstić information content (AvgIpc) is 2.88. The fourth-order valence-corrected chi connectivity index (χ4v) is 6.13. The van der Waals surface area contributed by atoms with Crippen LogP contribution in [0.5, 0.6) is 0 Å². The van der Waals surface area contributed by atoms with Gasteiger partial charge in [0, 0.05) is 45.3 Å². The number of piperidine rings is 1. The lowest BCUT2D eigenvalue weighted by Crippen LogP contribution is -2.48. The largest absolute Gasteiger partial charge is 0.452 e. The van der Waals surface area contributed by atoms with E-state index in [2.05, 4.69) is 17.0 Å². The molecule has 0 bridgehead atoms. The van der Waals surface area contributed by atoms with Crippen molar-refractivity contribution >= 4 is 21.9 Å². The number of rotatable bonds is 7. The molecule has 2 aromatic carbocycles. The van der Waals surface area contributed by atoms with Gasteiger partial charge in [0.05, 0.1) is 10.5 Å². The number of nitrogens with zero attached hydrogens (tertiary/aromatic N) is 3. The summed E-state index contributed by atoms with van der Waals surface area (Å²) in [6, 6.07) is 16.1. The molecule has 2 heterocycles. The van der Waals surface area contributed by atoms with Crippen LogP contribution < -0.4 is 0 Å². The molecule has 0 aliphatic carbocycles. The van der Waals surface area contributed by atoms with E-state index >= 15 is 0 Å². The number of likely N-dealkylation sites (tertiary alicyclic amines) is 1. The summed E-state index contributed by atoms with van der Waals surface area (Å²) in [6.07, 6.45) is 2.98. The Morgan fingerprint density at radius 2 is 1.69 bits per heavy atom. The van der Waals surface area contributed by atoms with Crippen molar-refractivity contribution in [3.8, 4) is 0 Å². The summed E-state index contributed by atoms with van der Waals surface area (Å²) < 4.78 is 33.1. The molecule has 35 heavy (non-hydrogen) atoms. The molecule has 9 heteroatoms. The van der Waals surface area contributed by atoms with Crippen LogP contribution in [0.3, 0.4) is 0 Å². The lowest BCUT2D eigenvalue weighted by atomic mass is 10.0. The van der Waals surface area contributed by atoms with Gasteiger partial charge in [0.2, 0.25) is 10.0 Å². The summed E-state index contributed by atoms with van der Waals surface area (Å²) >= 11 is 0. The number of amides is 1. The van der Waals surface area contributed by atoms with Gasteiger partial charge in [-0.3, -0.25) is 9.69 Å². The zero-order valence-electron chi connectivity index (χ0n) is 20.1. The molecule has 0 aromatic heterocycles. The second-order valence-electron chi connectivity index (χ2n) is 9.20. The van der Waals surface area contributed by atoms with Crippen molar-refractivity contribution in [2.24, 2.45) is 0 Å². The molecule has 2 saturated heterocycles. The van der Waals surface area contributed by atoms with Crippen molar-refractivity contribution < 1.29 is 22.7 Å². The second-order valence-corrected chi connectivity index (χ2v) is 11.1. The fraction of sp³-hybridized carbons (Fsp3) is 0.462. The maximum atomic E-state index is 13.2. The molecule has 0 saturated carbocycles. The first-order chi connectivity index (χ1) is 16.8. The van der Waals surface area contributed by atoms with Crippen LogP contribution in [-0.4, -0.2) is 79.8 Å². The third-order valence-electron chi connectivity index (χ3n) is 6.74. The Morgan fingerprint density at radius 1 is 0.943 bits per heavy atom. The highest BCUT2D eigenvalue weighted by Crippen LogP contribution is 2.21. The predicted molar refractivity (Wildman–Crippen MR) is 132 cm³/mol. The summed E-state index contributed by atoms with van der Waals surface area (Å²) in [5.74, 6) is -0.921. The smallest absolute Gasteiger partial charge is 0.338 e. The standard InChI is InChI=1S/C26H33N3O5S/c1-21-8-5-6-13-29(21)25(30)20-34-26(31)23-11-7-12-24(18-23)35(32,33)28-16-14-27(15-17-28)19-22-9-3-2-4-10-22/h2-4,7,9-12,18,21H,5-6,8,13-17,19-20H2,1H3. The van der Waals surface area contributed by atoms with Crippen LogP contribution in [0.25, 0.3) is 0 Å². The normalized spacial score (nSPS) is 19.9. The minimum Gasteiger partial charge on any atom is -0.452 e. The van der Waals surface area contributed by atoms with Gasteiger partial charge in [0.15, 0.2) is 6.61 Å². The molecule has 0 radical (unpaired) electrons. The van der Waals surface area contributed by atoms with Crippen molar-refractivity contribution in [2.75, 3.05) is 39.3 Å². The first-order valence-electron chi connectivity index (χ1n) is 12.2. The van der Waals surface area contributed by atoms with E-state index in [4.69, 9.17) is 4.74 Å². The summed E-state index contributed by atoms with van der Waals surface area (Å²) in [6.45, 7) is 5.13. The van der Waals surface area contributed by atoms with Crippen LogP contribution in [0.15, 0.2) is 59.5 Å². The Morgan fingerprint density at radius 3 is 2.40 bits per heavy atom. The van der Waals surface area contributed by atoms with Gasteiger partial charge in [0.1, 0.15) is 0 Å². The molecule has 188 valence electrons. The molecule has 2 aliphatic heterocycles. The van der Waals surface area contributed by atoms with Gasteiger partial charge in [-0.25, -0.2) is 13.2 Å². The molecule has 1 atom stereocenters. The molecular weight excluding hydrogens is 466 g/mol. The quantitative estimate of drug-likeness (QED) is 0.545. The van der Waals surface area contributed by atoms with E-state index in [0.717, 1.165) is 25.8 Å². The van der Waals surface area contributed by atoms with Gasteiger partial charge in [0.25, 0.3) is 5.91 Å². The lowest BCUT2D eigenvalue weighted by Gasteiger charge is -2.34. The van der Waals surface area contributed by atoms with E-state index in [1.165, 1.54) is 34.1 Å². The highest BCUT2D eigenvalue weighted by molar-refractivity contribution is 7.89. The third kappa shape index (κ3) is 6.28. The van der Waals surface area contributed by atoms with Gasteiger partial charge in [-0.1, -0.05) is 36.4 Å². The molecule has 4 rings (SSSR count). The number of hydrogen-bond donors (Lipinski definition) is 0. The van der Waals surface area contributed by atoms with Gasteiger partial charge >= 0.3 is 5.97 Å². The number of hydrogen-bond acceptors (Lipinski definition) is 6. The molecule has 1 amide bonds. The Hall–Kier alpha value is -2.75. The van der Waals surface area contributed by atoms with Crippen molar-refractivity contribution in [1.29, 1.82) is 0 Å². The number of carbonyl (C=O) groups is 2. The number of carbonyl (C=O) groups excluding carboxylic acids is 2. The van der Waals surface area contributed by atoms with Crippen LogP contribution in [-0.2, 0) is 26.1 Å². The first kappa shape index (κ1) is 25.3. The Labute approximate surface area is 207 Å². The molecule has 0 spiro atoms. The Kier molecular flexibility index (Phi) is 8.20. The molecule has 0 N–H and O–H groups in total. The molecule has 1 unspecified atom stereocenters. The Bertz CT molecular complexity index is 1130. The number of benzene rings is 2. The number of ether oxygens (including phenoxy) is 1. The zero-order valence-corrected chi connectivity index (χ0v) is 21.0. The minimum atomic E-state index is -3.75. The molecule has 2 aliphatic rings. The number of piperazine rings is 1. The van der Waals surface area contributed by atoms with Crippen LogP contribution >= 0.6 is 0 Å². The molecule has 2 fully saturated rings. The monoisotopic (exact) mass is 499 g/mol. The highest BCUT2D eigenvalue weighted by atomic mass is 32.2. The van der Waals surface area contributed by atoms with E-state index in [1.807, 2.05) is 25.1 Å². The summed E-state index contributed by atoms with van der Waals surface area (Å²) in [5, 5.41) is 0. The number of esters is 1. The summed E-state index contributed by atoms with van der Waals surface area (Å²) in [5.41, 5.74) is 1.32.